The molecule has 0 fully saturated rings. The molecule has 0 bridgehead atoms. The smallest absolute Gasteiger partial charge is 0.158 e. The first-order chi connectivity index (χ1) is 26.1. The first kappa shape index (κ1) is 29.8. The highest BCUT2D eigenvalue weighted by Crippen LogP contribution is 2.56. The topological polar surface area (TPSA) is 61.4 Å². The van der Waals surface area contributed by atoms with Crippen molar-refractivity contribution >= 4 is 43.9 Å². The van der Waals surface area contributed by atoms with E-state index in [9.17, 15) is 0 Å². The molecule has 250 valence electrons. The van der Waals surface area contributed by atoms with Crippen LogP contribution < -0.4 is 0 Å². The molecule has 1 aliphatic carbocycles. The summed E-state index contributed by atoms with van der Waals surface area (Å²) >= 11 is 0. The minimum absolute atomic E-state index is 0.589. The largest absolute Gasteiger partial charge is 0.250 e. The Labute approximate surface area is 305 Å². The summed E-state index contributed by atoms with van der Waals surface area (Å²) in [4.78, 5) is 10.3. The van der Waals surface area contributed by atoms with Crippen LogP contribution in [-0.2, 0) is 19.5 Å². The van der Waals surface area contributed by atoms with Crippen molar-refractivity contribution in [1.29, 1.82) is 0 Å². The predicted molar refractivity (Wildman–Crippen MR) is 214 cm³/mol. The summed E-state index contributed by atoms with van der Waals surface area (Å²) in [5.74, 6) is 0. The zero-order valence-electron chi connectivity index (χ0n) is 29.2. The predicted octanol–water partition coefficient (Wildman–Crippen LogP) is 10.3. The van der Waals surface area contributed by atoms with E-state index in [1.165, 1.54) is 33.4 Å². The van der Waals surface area contributed by atoms with E-state index in [1.54, 1.807) is 0 Å². The second kappa shape index (κ2) is 11.0. The van der Waals surface area contributed by atoms with Crippen LogP contribution in [0.25, 0.3) is 77.5 Å². The van der Waals surface area contributed by atoms with Gasteiger partial charge in [0.15, 0.2) is 11.3 Å². The van der Waals surface area contributed by atoms with Crippen molar-refractivity contribution in [2.75, 3.05) is 0 Å². The average molecular weight is 681 g/mol. The molecule has 6 nitrogen and oxygen atoms in total. The van der Waals surface area contributed by atoms with Crippen LogP contribution in [0, 0.1) is 0 Å². The molecule has 6 aromatic carbocycles. The lowest BCUT2D eigenvalue weighted by atomic mass is 9.67. The molecule has 0 atom stereocenters. The lowest BCUT2D eigenvalue weighted by molar-refractivity contribution is 0.771. The van der Waals surface area contributed by atoms with E-state index in [2.05, 4.69) is 146 Å². The molecule has 0 N–H and O–H groups in total. The molecular formula is C47H32N6. The number of pyridine rings is 2. The summed E-state index contributed by atoms with van der Waals surface area (Å²) in [7, 11) is 3.94. The Morgan fingerprint density at radius 1 is 0.434 bits per heavy atom. The summed E-state index contributed by atoms with van der Waals surface area (Å²) in [6.45, 7) is 0. The number of hydrogen-bond donors (Lipinski definition) is 0. The van der Waals surface area contributed by atoms with E-state index in [0.29, 0.717) is 0 Å². The third-order valence-electron chi connectivity index (χ3n) is 11.1. The van der Waals surface area contributed by atoms with Gasteiger partial charge in [-0.3, -0.25) is 0 Å². The normalized spacial score (nSPS) is 13.2. The van der Waals surface area contributed by atoms with Gasteiger partial charge < -0.3 is 0 Å². The van der Waals surface area contributed by atoms with Gasteiger partial charge in [-0.15, -0.1) is 0 Å². The van der Waals surface area contributed by atoms with Crippen LogP contribution in [0.1, 0.15) is 22.3 Å². The third kappa shape index (κ3) is 4.20. The summed E-state index contributed by atoms with van der Waals surface area (Å²) in [6.07, 6.45) is 0. The fourth-order valence-electron chi connectivity index (χ4n) is 8.79. The van der Waals surface area contributed by atoms with E-state index in [0.717, 1.165) is 66.4 Å². The fourth-order valence-corrected chi connectivity index (χ4v) is 8.79. The maximum absolute atomic E-state index is 5.16. The van der Waals surface area contributed by atoms with Crippen molar-refractivity contribution in [3.63, 3.8) is 0 Å². The van der Waals surface area contributed by atoms with Crippen molar-refractivity contribution in [1.82, 2.24) is 29.5 Å². The zero-order valence-corrected chi connectivity index (χ0v) is 29.2. The van der Waals surface area contributed by atoms with Crippen molar-refractivity contribution < 1.29 is 0 Å². The highest BCUT2D eigenvalue weighted by atomic mass is 15.3. The fraction of sp³-hybridized carbons (Fsp3) is 0.0638. The number of nitrogens with zero attached hydrogens (tertiary/aromatic N) is 6. The van der Waals surface area contributed by atoms with Gasteiger partial charge in [0.05, 0.1) is 16.4 Å². The first-order valence-corrected chi connectivity index (χ1v) is 17.9. The summed E-state index contributed by atoms with van der Waals surface area (Å²) < 4.78 is 3.78. The highest BCUT2D eigenvalue weighted by Gasteiger charge is 2.46. The van der Waals surface area contributed by atoms with Crippen LogP contribution in [0.15, 0.2) is 158 Å². The maximum atomic E-state index is 5.16. The van der Waals surface area contributed by atoms with Gasteiger partial charge in [0.2, 0.25) is 0 Å². The summed E-state index contributed by atoms with van der Waals surface area (Å²) in [5, 5.41) is 14.1. The van der Waals surface area contributed by atoms with Crippen LogP contribution in [0.5, 0.6) is 0 Å². The average Bonchev–Trinajstić information content (AvgIpc) is 3.83. The van der Waals surface area contributed by atoms with Crippen molar-refractivity contribution in [2.24, 2.45) is 14.1 Å². The second-order valence-corrected chi connectivity index (χ2v) is 14.1. The minimum Gasteiger partial charge on any atom is -0.250 e. The van der Waals surface area contributed by atoms with E-state index in [4.69, 9.17) is 20.2 Å². The van der Waals surface area contributed by atoms with Crippen LogP contribution >= 0.6 is 0 Å². The zero-order chi connectivity index (χ0) is 35.3. The summed E-state index contributed by atoms with van der Waals surface area (Å²) in [5.41, 5.74) is 14.5. The van der Waals surface area contributed by atoms with Gasteiger partial charge in [0.25, 0.3) is 0 Å². The number of aromatic nitrogens is 6. The van der Waals surface area contributed by atoms with Gasteiger partial charge in [-0.2, -0.15) is 10.2 Å². The van der Waals surface area contributed by atoms with Crippen molar-refractivity contribution in [2.45, 2.75) is 5.41 Å². The first-order valence-electron chi connectivity index (χ1n) is 17.9. The van der Waals surface area contributed by atoms with E-state index < -0.39 is 5.41 Å². The lowest BCUT2D eigenvalue weighted by Crippen LogP contribution is -2.28. The number of rotatable bonds is 4. The molecule has 0 radical (unpaired) electrons. The Kier molecular flexibility index (Phi) is 6.20. The Hall–Kier alpha value is -6.92. The molecule has 1 aliphatic rings. The second-order valence-electron chi connectivity index (χ2n) is 14.1. The van der Waals surface area contributed by atoms with Crippen molar-refractivity contribution in [3.8, 4) is 33.6 Å². The molecule has 11 rings (SSSR count). The van der Waals surface area contributed by atoms with Crippen LogP contribution in [0.2, 0.25) is 0 Å². The Morgan fingerprint density at radius 3 is 1.30 bits per heavy atom. The molecule has 0 saturated heterocycles. The van der Waals surface area contributed by atoms with Gasteiger partial charge in [0.1, 0.15) is 11.4 Å². The standard InChI is InChI=1S/C47H32N6/c1-52-45-37(43(50-52)29-13-5-3-6-14-29)27-31-25-33(21-23-41(31)48-45)47(39-19-11-9-17-35(39)36-18-10-12-20-40(36)47)34-22-24-42-32(26-34)28-38-44(30-15-7-4-8-16-30)51-53(2)46(38)49-42/h3-28H,1-2H3. The number of benzene rings is 6. The Bertz CT molecular complexity index is 2870. The van der Waals surface area contributed by atoms with E-state index in [1.807, 2.05) is 35.6 Å². The molecular weight excluding hydrogens is 649 g/mol. The SMILES string of the molecule is Cn1nc(-c2ccccc2)c2cc3cc(C4(c5ccc6nc7c(cc6c5)c(-c5ccccc5)nn7C)c5ccccc5-c5ccccc54)ccc3nc21. The number of hydrogen-bond acceptors (Lipinski definition) is 4. The molecule has 0 spiro atoms. The minimum atomic E-state index is -0.589. The van der Waals surface area contributed by atoms with Crippen LogP contribution in [0.4, 0.5) is 0 Å². The van der Waals surface area contributed by atoms with Gasteiger partial charge in [-0.1, -0.05) is 121 Å². The highest BCUT2D eigenvalue weighted by molar-refractivity contribution is 6.01. The van der Waals surface area contributed by atoms with E-state index >= 15 is 0 Å². The molecule has 0 amide bonds. The maximum Gasteiger partial charge on any atom is 0.158 e. The van der Waals surface area contributed by atoms with Gasteiger partial charge in [-0.05, 0) is 69.8 Å². The molecule has 10 aromatic rings. The summed E-state index contributed by atoms with van der Waals surface area (Å²) in [6, 6.07) is 56.7. The molecule has 0 unspecified atom stereocenters. The number of aryl methyl sites for hydroxylation is 2. The van der Waals surface area contributed by atoms with Crippen LogP contribution in [0.3, 0.4) is 0 Å². The van der Waals surface area contributed by atoms with Crippen molar-refractivity contribution in [3.05, 3.63) is 180 Å². The van der Waals surface area contributed by atoms with Gasteiger partial charge >= 0.3 is 0 Å². The monoisotopic (exact) mass is 680 g/mol. The van der Waals surface area contributed by atoms with Crippen LogP contribution in [-0.4, -0.2) is 29.5 Å². The molecule has 53 heavy (non-hydrogen) atoms. The molecule has 0 aliphatic heterocycles. The quantitative estimate of drug-likeness (QED) is 0.186. The Morgan fingerprint density at radius 2 is 0.849 bits per heavy atom. The lowest BCUT2D eigenvalue weighted by Gasteiger charge is -2.34. The molecule has 6 heteroatoms. The third-order valence-corrected chi connectivity index (χ3v) is 11.1. The number of fused-ring (bicyclic) bond motifs is 7. The molecule has 0 saturated carbocycles. The molecule has 4 heterocycles. The van der Waals surface area contributed by atoms with Gasteiger partial charge in [0, 0.05) is 46.8 Å². The van der Waals surface area contributed by atoms with Gasteiger partial charge in [-0.25, -0.2) is 19.3 Å². The Balaban J connectivity index is 1.19. The van der Waals surface area contributed by atoms with E-state index in [-0.39, 0.29) is 0 Å². The molecule has 4 aromatic heterocycles.